The molecule has 0 saturated carbocycles. The number of nitrogens with zero attached hydrogens (tertiary/aromatic N) is 2. The number of pyridine rings is 1. The minimum absolute atomic E-state index is 0.0938. The summed E-state index contributed by atoms with van der Waals surface area (Å²) in [4.78, 5) is 20.9. The number of rotatable bonds is 5. The van der Waals surface area contributed by atoms with Crippen LogP contribution >= 0.6 is 0 Å². The number of oxazole rings is 1. The van der Waals surface area contributed by atoms with Crippen LogP contribution in [0.2, 0.25) is 0 Å². The first-order valence-corrected chi connectivity index (χ1v) is 9.52. The van der Waals surface area contributed by atoms with Crippen LogP contribution in [0.1, 0.15) is 21.5 Å². The Morgan fingerprint density at radius 1 is 1.06 bits per heavy atom. The molecule has 9 heteroatoms. The van der Waals surface area contributed by atoms with Crippen molar-refractivity contribution < 1.29 is 22.4 Å². The van der Waals surface area contributed by atoms with Crippen molar-refractivity contribution in [3.8, 4) is 11.3 Å². The van der Waals surface area contributed by atoms with E-state index in [0.717, 1.165) is 23.3 Å². The van der Waals surface area contributed by atoms with Gasteiger partial charge in [0.15, 0.2) is 0 Å². The number of alkyl halides is 3. The molecule has 2 aromatic heterocycles. The van der Waals surface area contributed by atoms with E-state index in [0.29, 0.717) is 17.1 Å². The van der Waals surface area contributed by atoms with Gasteiger partial charge in [0.1, 0.15) is 12.0 Å². The summed E-state index contributed by atoms with van der Waals surface area (Å²) in [5, 5.41) is 5.66. The lowest BCUT2D eigenvalue weighted by Crippen LogP contribution is -2.14. The molecule has 0 fully saturated rings. The number of hydrogen-bond acceptors (Lipinski definition) is 5. The Balaban J connectivity index is 1.51. The van der Waals surface area contributed by atoms with E-state index in [2.05, 4.69) is 20.6 Å². The fourth-order valence-corrected chi connectivity index (χ4v) is 2.97. The van der Waals surface area contributed by atoms with E-state index < -0.39 is 17.6 Å². The van der Waals surface area contributed by atoms with Crippen LogP contribution in [0.25, 0.3) is 11.3 Å². The van der Waals surface area contributed by atoms with Crippen LogP contribution in [0, 0.1) is 6.92 Å². The minimum atomic E-state index is -4.53. The average molecular weight is 438 g/mol. The van der Waals surface area contributed by atoms with Crippen LogP contribution in [-0.4, -0.2) is 15.9 Å². The van der Waals surface area contributed by atoms with Crippen LogP contribution in [-0.2, 0) is 6.18 Å². The number of amides is 1. The molecule has 4 aromatic rings. The second-order valence-corrected chi connectivity index (χ2v) is 6.97. The number of carbonyl (C=O) groups is 1. The highest BCUT2D eigenvalue weighted by Crippen LogP contribution is 2.30. The summed E-state index contributed by atoms with van der Waals surface area (Å²) in [6, 6.07) is 13.2. The molecule has 0 radical (unpaired) electrons. The number of carbonyl (C=O) groups excluding carboxylic acids is 1. The topological polar surface area (TPSA) is 80.0 Å². The van der Waals surface area contributed by atoms with Crippen molar-refractivity contribution in [1.29, 1.82) is 0 Å². The highest BCUT2D eigenvalue weighted by molar-refractivity contribution is 6.04. The van der Waals surface area contributed by atoms with Gasteiger partial charge in [-0.2, -0.15) is 18.2 Å². The Kier molecular flexibility index (Phi) is 5.63. The molecule has 0 spiro atoms. The van der Waals surface area contributed by atoms with Crippen molar-refractivity contribution in [2.75, 3.05) is 10.6 Å². The molecule has 2 heterocycles. The standard InChI is InChI=1S/C23H17F3N4O2/c1-14-7-8-18(28-21(31)15-4-2-6-17(10-15)23(24,25)26)11-19(14)29-22-30-20(13-32-22)16-5-3-9-27-12-16/h2-13H,1H3,(H,28,31)(H,29,30). The summed E-state index contributed by atoms with van der Waals surface area (Å²) in [6.45, 7) is 1.85. The van der Waals surface area contributed by atoms with Gasteiger partial charge >= 0.3 is 6.18 Å². The molecule has 0 bridgehead atoms. The van der Waals surface area contributed by atoms with Gasteiger partial charge < -0.3 is 15.1 Å². The third-order valence-electron chi connectivity index (χ3n) is 4.65. The zero-order valence-electron chi connectivity index (χ0n) is 16.8. The zero-order valence-corrected chi connectivity index (χ0v) is 16.8. The van der Waals surface area contributed by atoms with Crippen LogP contribution < -0.4 is 10.6 Å². The highest BCUT2D eigenvalue weighted by atomic mass is 19.4. The Bertz CT molecular complexity index is 1250. The van der Waals surface area contributed by atoms with E-state index in [9.17, 15) is 18.0 Å². The molecule has 0 aliphatic heterocycles. The van der Waals surface area contributed by atoms with Gasteiger partial charge in [0.05, 0.1) is 5.56 Å². The molecule has 6 nitrogen and oxygen atoms in total. The molecule has 1 amide bonds. The average Bonchev–Trinajstić information content (AvgIpc) is 3.25. The molecule has 2 N–H and O–H groups in total. The number of aromatic nitrogens is 2. The Hall–Kier alpha value is -4.14. The van der Waals surface area contributed by atoms with E-state index in [-0.39, 0.29) is 11.6 Å². The first kappa shape index (κ1) is 21.1. The molecular formula is C23H17F3N4O2. The van der Waals surface area contributed by atoms with Crippen molar-refractivity contribution in [3.05, 3.63) is 89.9 Å². The van der Waals surface area contributed by atoms with E-state index >= 15 is 0 Å². The second kappa shape index (κ2) is 8.54. The summed E-state index contributed by atoms with van der Waals surface area (Å²) in [5.41, 5.74) is 2.29. The van der Waals surface area contributed by atoms with Gasteiger partial charge in [0, 0.05) is 34.9 Å². The van der Waals surface area contributed by atoms with Crippen molar-refractivity contribution in [2.45, 2.75) is 13.1 Å². The first-order valence-electron chi connectivity index (χ1n) is 9.52. The van der Waals surface area contributed by atoms with Crippen LogP contribution in [0.4, 0.5) is 30.6 Å². The normalized spacial score (nSPS) is 11.2. The molecule has 162 valence electrons. The Morgan fingerprint density at radius 2 is 1.91 bits per heavy atom. The van der Waals surface area contributed by atoms with Crippen molar-refractivity contribution in [1.82, 2.24) is 9.97 Å². The number of hydrogen-bond donors (Lipinski definition) is 2. The summed E-state index contributed by atoms with van der Waals surface area (Å²) in [5.74, 6) is -0.652. The number of anilines is 3. The summed E-state index contributed by atoms with van der Waals surface area (Å²) in [7, 11) is 0. The van der Waals surface area contributed by atoms with Gasteiger partial charge in [-0.3, -0.25) is 9.78 Å². The van der Waals surface area contributed by atoms with Gasteiger partial charge in [0.2, 0.25) is 0 Å². The van der Waals surface area contributed by atoms with E-state index in [4.69, 9.17) is 4.42 Å². The maximum Gasteiger partial charge on any atom is 0.416 e. The van der Waals surface area contributed by atoms with Crippen molar-refractivity contribution >= 4 is 23.3 Å². The predicted molar refractivity (Wildman–Crippen MR) is 114 cm³/mol. The van der Waals surface area contributed by atoms with E-state index in [1.54, 1.807) is 36.7 Å². The lowest BCUT2D eigenvalue weighted by molar-refractivity contribution is -0.137. The van der Waals surface area contributed by atoms with Crippen molar-refractivity contribution in [3.63, 3.8) is 0 Å². The molecule has 0 atom stereocenters. The molecular weight excluding hydrogens is 421 g/mol. The number of halogens is 3. The molecule has 0 aliphatic rings. The highest BCUT2D eigenvalue weighted by Gasteiger charge is 2.30. The molecule has 2 aromatic carbocycles. The van der Waals surface area contributed by atoms with E-state index in [1.165, 1.54) is 18.4 Å². The monoisotopic (exact) mass is 438 g/mol. The van der Waals surface area contributed by atoms with Gasteiger partial charge in [-0.15, -0.1) is 0 Å². The minimum Gasteiger partial charge on any atom is -0.431 e. The lowest BCUT2D eigenvalue weighted by Gasteiger charge is -2.12. The lowest BCUT2D eigenvalue weighted by atomic mass is 10.1. The first-order chi connectivity index (χ1) is 15.3. The van der Waals surface area contributed by atoms with Gasteiger partial charge in [-0.1, -0.05) is 12.1 Å². The van der Waals surface area contributed by atoms with Crippen LogP contribution in [0.5, 0.6) is 0 Å². The predicted octanol–water partition coefficient (Wildman–Crippen LogP) is 6.06. The zero-order chi connectivity index (χ0) is 22.7. The molecule has 0 aliphatic carbocycles. The number of benzene rings is 2. The summed E-state index contributed by atoms with van der Waals surface area (Å²) >= 11 is 0. The largest absolute Gasteiger partial charge is 0.431 e. The van der Waals surface area contributed by atoms with E-state index in [1.807, 2.05) is 13.0 Å². The van der Waals surface area contributed by atoms with Crippen LogP contribution in [0.3, 0.4) is 0 Å². The fraction of sp³-hybridized carbons (Fsp3) is 0.0870. The van der Waals surface area contributed by atoms with Crippen molar-refractivity contribution in [2.24, 2.45) is 0 Å². The second-order valence-electron chi connectivity index (χ2n) is 6.97. The molecule has 4 rings (SSSR count). The third kappa shape index (κ3) is 4.77. The van der Waals surface area contributed by atoms with Gasteiger partial charge in [-0.05, 0) is 55.0 Å². The molecule has 0 saturated heterocycles. The molecule has 0 unspecified atom stereocenters. The maximum absolute atomic E-state index is 12.9. The number of nitrogens with one attached hydrogen (secondary N) is 2. The fourth-order valence-electron chi connectivity index (χ4n) is 2.97. The third-order valence-corrected chi connectivity index (χ3v) is 4.65. The molecule has 32 heavy (non-hydrogen) atoms. The van der Waals surface area contributed by atoms with Crippen LogP contribution in [0.15, 0.2) is 77.7 Å². The quantitative estimate of drug-likeness (QED) is 0.396. The Labute approximate surface area is 181 Å². The van der Waals surface area contributed by atoms with Gasteiger partial charge in [0.25, 0.3) is 11.9 Å². The SMILES string of the molecule is Cc1ccc(NC(=O)c2cccc(C(F)(F)F)c2)cc1Nc1nc(-c2cccnc2)co1. The summed E-state index contributed by atoms with van der Waals surface area (Å²) < 4.78 is 44.2. The number of aryl methyl sites for hydroxylation is 1. The maximum atomic E-state index is 12.9. The Morgan fingerprint density at radius 3 is 2.66 bits per heavy atom. The smallest absolute Gasteiger partial charge is 0.416 e. The van der Waals surface area contributed by atoms with Gasteiger partial charge in [-0.25, -0.2) is 0 Å². The summed E-state index contributed by atoms with van der Waals surface area (Å²) in [6.07, 6.45) is 0.290.